The Morgan fingerprint density at radius 1 is 1.22 bits per heavy atom. The highest BCUT2D eigenvalue weighted by Gasteiger charge is 2.18. The molecule has 0 atom stereocenters. The van der Waals surface area contributed by atoms with E-state index in [1.165, 1.54) is 28.2 Å². The standard InChI is InChI=1S/C8H12N8O2/c1-13-7(17)14(2)10-5(9-13)6-11-15(3)8(18)16(4)12-6/h1-4H3. The number of aryl methyl sites for hydroxylation is 2. The molecule has 1 aliphatic rings. The van der Waals surface area contributed by atoms with Gasteiger partial charge < -0.3 is 20.5 Å². The molecule has 1 aromatic rings. The maximum atomic E-state index is 11.4. The van der Waals surface area contributed by atoms with E-state index in [1.807, 2.05) is 0 Å². The molecule has 0 bridgehead atoms. The Kier molecular flexibility index (Phi) is 2.69. The van der Waals surface area contributed by atoms with E-state index in [1.54, 1.807) is 0 Å². The molecule has 2 rings (SSSR count). The highest BCUT2D eigenvalue weighted by atomic mass is 16.2. The number of carbonyl (C=O) groups is 1. The van der Waals surface area contributed by atoms with Crippen molar-refractivity contribution in [2.45, 2.75) is 0 Å². The van der Waals surface area contributed by atoms with Crippen LogP contribution in [-0.2, 0) is 14.1 Å². The van der Waals surface area contributed by atoms with Gasteiger partial charge in [-0.25, -0.2) is 4.79 Å². The molecule has 96 valence electrons. The van der Waals surface area contributed by atoms with Crippen LogP contribution in [0.2, 0.25) is 0 Å². The van der Waals surface area contributed by atoms with Gasteiger partial charge >= 0.3 is 11.7 Å². The monoisotopic (exact) mass is 252 g/mol. The first-order valence-electron chi connectivity index (χ1n) is 5.04. The topological polar surface area (TPSA) is 102 Å². The van der Waals surface area contributed by atoms with E-state index in [-0.39, 0.29) is 23.4 Å². The van der Waals surface area contributed by atoms with E-state index < -0.39 is 0 Å². The number of urea groups is 1. The van der Waals surface area contributed by atoms with E-state index in [2.05, 4.69) is 20.7 Å². The van der Waals surface area contributed by atoms with Gasteiger partial charge in [-0.15, -0.1) is 0 Å². The van der Waals surface area contributed by atoms with Crippen molar-refractivity contribution in [1.82, 2.24) is 24.9 Å². The smallest absolute Gasteiger partial charge is 0.365 e. The summed E-state index contributed by atoms with van der Waals surface area (Å²) in [5.41, 5.74) is 3.57. The summed E-state index contributed by atoms with van der Waals surface area (Å²) >= 11 is 0. The number of rotatable bonds is 1. The molecule has 2 heterocycles. The lowest BCUT2D eigenvalue weighted by molar-refractivity contribution is -0.750. The minimum atomic E-state index is -0.368. The number of hydrazone groups is 1. The summed E-state index contributed by atoms with van der Waals surface area (Å²) in [5, 5.41) is 14.0. The van der Waals surface area contributed by atoms with Crippen LogP contribution in [0.5, 0.6) is 0 Å². The molecule has 0 N–H and O–H groups in total. The van der Waals surface area contributed by atoms with Crippen molar-refractivity contribution in [3.05, 3.63) is 21.7 Å². The number of nitrogens with zero attached hydrogens (tertiary/aromatic N) is 8. The van der Waals surface area contributed by atoms with Crippen LogP contribution >= 0.6 is 0 Å². The fourth-order valence-corrected chi connectivity index (χ4v) is 1.38. The second-order valence-electron chi connectivity index (χ2n) is 3.71. The van der Waals surface area contributed by atoms with Crippen molar-refractivity contribution in [3.8, 4) is 0 Å². The van der Waals surface area contributed by atoms with Crippen LogP contribution in [0.4, 0.5) is 4.79 Å². The maximum Gasteiger partial charge on any atom is 0.539 e. The summed E-state index contributed by atoms with van der Waals surface area (Å²) in [6.45, 7) is 0. The summed E-state index contributed by atoms with van der Waals surface area (Å²) in [4.78, 5) is 22.9. The van der Waals surface area contributed by atoms with Gasteiger partial charge in [-0.3, -0.25) is 0 Å². The van der Waals surface area contributed by atoms with E-state index in [0.29, 0.717) is 0 Å². The number of carbonyl (C=O) groups excluding carboxylic acids is 1. The SMILES string of the molecule is CN1N=C(c2nn(C)c(=O)[n+](C)n2)[N-]N(C)C1=O. The van der Waals surface area contributed by atoms with Crippen molar-refractivity contribution in [2.24, 2.45) is 19.2 Å². The number of aromatic nitrogens is 4. The number of hydrogen-bond acceptors (Lipinski definition) is 5. The summed E-state index contributed by atoms with van der Waals surface area (Å²) in [6, 6.07) is -0.368. The van der Waals surface area contributed by atoms with E-state index in [4.69, 9.17) is 0 Å². The Balaban J connectivity index is 2.47. The van der Waals surface area contributed by atoms with Crippen LogP contribution in [0.1, 0.15) is 5.82 Å². The van der Waals surface area contributed by atoms with Gasteiger partial charge in [0.1, 0.15) is 14.1 Å². The zero-order valence-corrected chi connectivity index (χ0v) is 10.4. The largest absolute Gasteiger partial charge is 0.539 e. The minimum absolute atomic E-state index is 0.158. The van der Waals surface area contributed by atoms with Gasteiger partial charge in [0, 0.05) is 19.9 Å². The molecule has 10 nitrogen and oxygen atoms in total. The van der Waals surface area contributed by atoms with Crippen LogP contribution in [0.15, 0.2) is 9.90 Å². The van der Waals surface area contributed by atoms with E-state index in [9.17, 15) is 9.59 Å². The van der Waals surface area contributed by atoms with Crippen molar-refractivity contribution >= 4 is 11.9 Å². The van der Waals surface area contributed by atoms with Crippen LogP contribution in [0, 0.1) is 0 Å². The molecule has 0 unspecified atom stereocenters. The number of hydrogen-bond donors (Lipinski definition) is 0. The van der Waals surface area contributed by atoms with Gasteiger partial charge in [0.05, 0.1) is 0 Å². The second kappa shape index (κ2) is 4.05. The fraction of sp³-hybridized carbons (Fsp3) is 0.500. The molecule has 1 aromatic heterocycles. The Morgan fingerprint density at radius 2 is 1.89 bits per heavy atom. The predicted octanol–water partition coefficient (Wildman–Crippen LogP) is -2.05. The summed E-state index contributed by atoms with van der Waals surface area (Å²) in [7, 11) is 5.98. The summed E-state index contributed by atoms with van der Waals surface area (Å²) in [5.74, 6) is 0.316. The van der Waals surface area contributed by atoms with E-state index in [0.717, 1.165) is 19.4 Å². The fourth-order valence-electron chi connectivity index (χ4n) is 1.38. The molecule has 0 fully saturated rings. The third kappa shape index (κ3) is 1.87. The predicted molar refractivity (Wildman–Crippen MR) is 59.3 cm³/mol. The molecule has 1 aliphatic heterocycles. The van der Waals surface area contributed by atoms with Crippen LogP contribution in [-0.4, -0.2) is 50.9 Å². The number of amidine groups is 1. The minimum Gasteiger partial charge on any atom is -0.365 e. The van der Waals surface area contributed by atoms with Crippen molar-refractivity contribution in [3.63, 3.8) is 0 Å². The zero-order valence-electron chi connectivity index (χ0n) is 10.4. The molecule has 0 radical (unpaired) electrons. The molecular formula is C8H12N8O2. The normalized spacial score (nSPS) is 15.6. The quantitative estimate of drug-likeness (QED) is 0.536. The molecule has 0 saturated carbocycles. The van der Waals surface area contributed by atoms with Gasteiger partial charge in [-0.1, -0.05) is 19.6 Å². The van der Waals surface area contributed by atoms with Crippen LogP contribution in [0.3, 0.4) is 0 Å². The highest BCUT2D eigenvalue weighted by molar-refractivity contribution is 6.08. The third-order valence-corrected chi connectivity index (χ3v) is 2.29. The lowest BCUT2D eigenvalue weighted by Crippen LogP contribution is -2.56. The summed E-state index contributed by atoms with van der Waals surface area (Å²) in [6.07, 6.45) is 0. The van der Waals surface area contributed by atoms with Crippen molar-refractivity contribution in [1.29, 1.82) is 0 Å². The van der Waals surface area contributed by atoms with Crippen molar-refractivity contribution in [2.75, 3.05) is 14.1 Å². The lowest BCUT2D eigenvalue weighted by atomic mass is 10.5. The molecule has 0 saturated heterocycles. The van der Waals surface area contributed by atoms with Gasteiger partial charge in [0.15, 0.2) is 0 Å². The van der Waals surface area contributed by atoms with Crippen molar-refractivity contribution < 1.29 is 9.48 Å². The molecular weight excluding hydrogens is 240 g/mol. The molecule has 2 amide bonds. The van der Waals surface area contributed by atoms with Gasteiger partial charge in [-0.2, -0.15) is 4.79 Å². The van der Waals surface area contributed by atoms with Gasteiger partial charge in [-0.05, 0) is 0 Å². The Labute approximate surface area is 102 Å². The molecule has 0 spiro atoms. The second-order valence-corrected chi connectivity index (χ2v) is 3.71. The Hall–Kier alpha value is -2.52. The van der Waals surface area contributed by atoms with Crippen LogP contribution in [0.25, 0.3) is 5.43 Å². The first-order chi connectivity index (χ1) is 8.40. The van der Waals surface area contributed by atoms with Crippen LogP contribution < -0.4 is 10.4 Å². The molecule has 10 heteroatoms. The first kappa shape index (κ1) is 12.0. The first-order valence-corrected chi connectivity index (χ1v) is 5.04. The molecule has 0 aliphatic carbocycles. The Bertz CT molecular complexity index is 565. The highest BCUT2D eigenvalue weighted by Crippen LogP contribution is 2.12. The third-order valence-electron chi connectivity index (χ3n) is 2.29. The average Bonchev–Trinajstić information content (AvgIpc) is 2.31. The molecule has 18 heavy (non-hydrogen) atoms. The van der Waals surface area contributed by atoms with Gasteiger partial charge in [0.25, 0.3) is 0 Å². The lowest BCUT2D eigenvalue weighted by Gasteiger charge is -2.37. The average molecular weight is 252 g/mol. The summed E-state index contributed by atoms with van der Waals surface area (Å²) < 4.78 is 2.24. The number of amides is 2. The van der Waals surface area contributed by atoms with Gasteiger partial charge in [0.2, 0.25) is 5.82 Å². The Morgan fingerprint density at radius 3 is 2.44 bits per heavy atom. The van der Waals surface area contributed by atoms with E-state index >= 15 is 0 Å². The zero-order chi connectivity index (χ0) is 13.4. The maximum absolute atomic E-state index is 11.4. The molecule has 0 aromatic carbocycles.